The number of carbonyl (C=O) groups excluding carboxylic acids is 4. The van der Waals surface area contributed by atoms with E-state index in [1.54, 1.807) is 0 Å². The minimum Gasteiger partial charge on any atom is -0.462 e. The zero-order chi connectivity index (χ0) is 69.0. The van der Waals surface area contributed by atoms with E-state index in [0.29, 0.717) is 25.7 Å². The quantitative estimate of drug-likeness (QED) is 0.0169. The fraction of sp³-hybridized carbons (Fsp3) is 0.813. The summed E-state index contributed by atoms with van der Waals surface area (Å²) in [6, 6.07) is 0. The van der Waals surface area contributed by atoms with Crippen LogP contribution in [0.15, 0.2) is 60.8 Å². The fourth-order valence-corrected chi connectivity index (χ4v) is 11.8. The van der Waals surface area contributed by atoms with Crippen molar-refractivity contribution in [2.45, 2.75) is 354 Å². The molecule has 0 saturated carbocycles. The van der Waals surface area contributed by atoms with Crippen LogP contribution in [0.3, 0.4) is 0 Å². The summed E-state index contributed by atoms with van der Waals surface area (Å²) in [6.45, 7) is 4.72. The molecule has 0 amide bonds. The zero-order valence-corrected chi connectivity index (χ0v) is 61.4. The summed E-state index contributed by atoms with van der Waals surface area (Å²) >= 11 is 0. The summed E-state index contributed by atoms with van der Waals surface area (Å²) in [7, 11) is -9.93. The maximum absolute atomic E-state index is 13.1. The molecule has 0 spiro atoms. The van der Waals surface area contributed by atoms with E-state index in [9.17, 15) is 43.2 Å². The number of aliphatic hydroxyl groups is 1. The molecule has 0 rings (SSSR count). The Kier molecular flexibility index (Phi) is 65.9. The van der Waals surface area contributed by atoms with Crippen LogP contribution >= 0.6 is 15.6 Å². The summed E-state index contributed by atoms with van der Waals surface area (Å²) in [5.41, 5.74) is 0. The molecule has 0 aliphatic rings. The minimum atomic E-state index is -4.97. The van der Waals surface area contributed by atoms with Crippen molar-refractivity contribution in [1.82, 2.24) is 0 Å². The van der Waals surface area contributed by atoms with Crippen LogP contribution in [0.25, 0.3) is 0 Å². The van der Waals surface area contributed by atoms with Crippen molar-refractivity contribution in [2.24, 2.45) is 0 Å². The highest BCUT2D eigenvalue weighted by Crippen LogP contribution is 2.45. The fourth-order valence-electron chi connectivity index (χ4n) is 10.3. The van der Waals surface area contributed by atoms with E-state index in [4.69, 9.17) is 37.0 Å². The first-order valence-corrected chi connectivity index (χ1v) is 40.5. The van der Waals surface area contributed by atoms with Gasteiger partial charge < -0.3 is 33.8 Å². The Labute approximate surface area is 571 Å². The van der Waals surface area contributed by atoms with Crippen LogP contribution in [-0.4, -0.2) is 96.7 Å². The molecule has 0 fully saturated rings. The molecular weight excluding hydrogens is 1230 g/mol. The predicted molar refractivity (Wildman–Crippen MR) is 381 cm³/mol. The van der Waals surface area contributed by atoms with E-state index in [-0.39, 0.29) is 25.7 Å². The Morgan fingerprint density at radius 1 is 0.309 bits per heavy atom. The Hall–Kier alpha value is -3.24. The highest BCUT2D eigenvalue weighted by molar-refractivity contribution is 7.47. The summed E-state index contributed by atoms with van der Waals surface area (Å²) in [5.74, 6) is -2.18. The number of unbranched alkanes of at least 4 members (excludes halogenated alkanes) is 35. The summed E-state index contributed by atoms with van der Waals surface area (Å²) in [6.07, 6.45) is 65.1. The summed E-state index contributed by atoms with van der Waals surface area (Å²) < 4.78 is 68.3. The van der Waals surface area contributed by atoms with Gasteiger partial charge in [0.05, 0.1) is 26.4 Å². The smallest absolute Gasteiger partial charge is 0.462 e. The normalized spacial score (nSPS) is 14.3. The van der Waals surface area contributed by atoms with Gasteiger partial charge in [0.1, 0.15) is 19.3 Å². The second kappa shape index (κ2) is 68.3. The lowest BCUT2D eigenvalue weighted by Crippen LogP contribution is -2.30. The van der Waals surface area contributed by atoms with Crippen LogP contribution in [0.5, 0.6) is 0 Å². The van der Waals surface area contributed by atoms with Crippen LogP contribution in [0.2, 0.25) is 0 Å². The lowest BCUT2D eigenvalue weighted by atomic mass is 10.0. The molecule has 0 radical (unpaired) electrons. The van der Waals surface area contributed by atoms with Gasteiger partial charge in [0.15, 0.2) is 12.2 Å². The highest BCUT2D eigenvalue weighted by atomic mass is 31.2. The van der Waals surface area contributed by atoms with Gasteiger partial charge in [0.2, 0.25) is 0 Å². The molecular formula is C75H136O17P2. The molecule has 5 atom stereocenters. The maximum atomic E-state index is 13.1. The van der Waals surface area contributed by atoms with Crippen molar-refractivity contribution in [1.29, 1.82) is 0 Å². The third kappa shape index (κ3) is 67.3. The number of aliphatic hydroxyl groups excluding tert-OH is 1. The number of ether oxygens (including phenoxy) is 4. The van der Waals surface area contributed by atoms with Gasteiger partial charge in [-0.05, 0) is 83.5 Å². The van der Waals surface area contributed by atoms with Crippen LogP contribution in [-0.2, 0) is 65.4 Å². The van der Waals surface area contributed by atoms with E-state index < -0.39 is 97.5 Å². The molecule has 17 nitrogen and oxygen atoms in total. The SMILES string of the molecule is CC/C=C\C/C=C\C/C=C\C/C=C\CCCCCCC(=O)OCC(COP(=O)(O)OCC(O)COP(=O)(O)OCC(COC(=O)CCCCCCC/C=C\CCCC)OC(=O)CCCCCCCCCCCCC)OC(=O)CCCCCCCCCCCCCCCCC. The Morgan fingerprint density at radius 2 is 0.564 bits per heavy atom. The van der Waals surface area contributed by atoms with Crippen molar-refractivity contribution in [3.63, 3.8) is 0 Å². The highest BCUT2D eigenvalue weighted by Gasteiger charge is 2.30. The molecule has 0 aliphatic heterocycles. The van der Waals surface area contributed by atoms with Gasteiger partial charge in [-0.15, -0.1) is 0 Å². The second-order valence-corrected chi connectivity index (χ2v) is 28.1. The van der Waals surface area contributed by atoms with Gasteiger partial charge in [-0.3, -0.25) is 37.3 Å². The molecule has 0 aliphatic carbocycles. The van der Waals surface area contributed by atoms with E-state index in [1.807, 2.05) is 0 Å². The standard InChI is InChI=1S/C75H136O17P2/c1-5-9-13-17-21-25-29-31-33-34-36-37-41-44-48-52-56-60-73(78)86-66-71(92-75(80)62-58-54-50-46-42-38-35-32-30-26-22-18-14-10-6-2)68-90-94(83,84)88-64-69(76)63-87-93(81,82)89-67-70(91-74(79)61-57-53-49-45-40-28-24-20-16-12-8-4)65-85-72(77)59-55-51-47-43-39-27-23-19-15-11-7-3/h9,13,19,21,23,25,31,33,36-37,69-71,76H,5-8,10-12,14-18,20,22,24,26-30,32,34-35,38-68H2,1-4H3,(H,81,82)(H,83,84)/b13-9-,23-19-,25-21-,33-31-,37-36-. The maximum Gasteiger partial charge on any atom is 0.472 e. The molecule has 94 heavy (non-hydrogen) atoms. The molecule has 0 saturated heterocycles. The monoisotopic (exact) mass is 1370 g/mol. The van der Waals surface area contributed by atoms with Crippen molar-refractivity contribution >= 4 is 39.5 Å². The van der Waals surface area contributed by atoms with E-state index in [2.05, 4.69) is 88.5 Å². The third-order valence-corrected chi connectivity index (χ3v) is 17.9. The van der Waals surface area contributed by atoms with Crippen molar-refractivity contribution in [3.8, 4) is 0 Å². The summed E-state index contributed by atoms with van der Waals surface area (Å²) in [5, 5.41) is 10.6. The van der Waals surface area contributed by atoms with Crippen LogP contribution in [0.4, 0.5) is 0 Å². The van der Waals surface area contributed by atoms with Crippen LogP contribution in [0, 0.1) is 0 Å². The number of phosphoric acid groups is 2. The topological polar surface area (TPSA) is 237 Å². The van der Waals surface area contributed by atoms with Crippen molar-refractivity contribution in [3.05, 3.63) is 60.8 Å². The average molecular weight is 1370 g/mol. The van der Waals surface area contributed by atoms with Gasteiger partial charge in [0, 0.05) is 25.7 Å². The summed E-state index contributed by atoms with van der Waals surface area (Å²) in [4.78, 5) is 72.7. The molecule has 0 heterocycles. The average Bonchev–Trinajstić information content (AvgIpc) is 1.29. The molecule has 3 N–H and O–H groups in total. The number of rotatable bonds is 71. The molecule has 0 aromatic carbocycles. The molecule has 0 aromatic heterocycles. The Morgan fingerprint density at radius 3 is 0.894 bits per heavy atom. The van der Waals surface area contributed by atoms with Gasteiger partial charge in [0.25, 0.3) is 0 Å². The Balaban J connectivity index is 5.31. The van der Waals surface area contributed by atoms with Crippen molar-refractivity contribution < 1.29 is 80.2 Å². The number of esters is 4. The number of allylic oxidation sites excluding steroid dienone is 10. The van der Waals surface area contributed by atoms with Crippen LogP contribution in [0.1, 0.15) is 336 Å². The van der Waals surface area contributed by atoms with E-state index >= 15 is 0 Å². The minimum absolute atomic E-state index is 0.0957. The number of phosphoric ester groups is 2. The molecule has 19 heteroatoms. The lowest BCUT2D eigenvalue weighted by molar-refractivity contribution is -0.161. The number of hydrogen-bond acceptors (Lipinski definition) is 15. The first kappa shape index (κ1) is 90.8. The lowest BCUT2D eigenvalue weighted by Gasteiger charge is -2.21. The van der Waals surface area contributed by atoms with Gasteiger partial charge >= 0.3 is 39.5 Å². The van der Waals surface area contributed by atoms with Crippen molar-refractivity contribution in [2.75, 3.05) is 39.6 Å². The van der Waals surface area contributed by atoms with Gasteiger partial charge in [-0.2, -0.15) is 0 Å². The number of hydrogen-bond donors (Lipinski definition) is 3. The van der Waals surface area contributed by atoms with E-state index in [1.165, 1.54) is 116 Å². The third-order valence-electron chi connectivity index (χ3n) is 16.0. The first-order valence-electron chi connectivity index (χ1n) is 37.5. The second-order valence-electron chi connectivity index (χ2n) is 25.2. The Bertz CT molecular complexity index is 2030. The van der Waals surface area contributed by atoms with Gasteiger partial charge in [-0.25, -0.2) is 9.13 Å². The molecule has 548 valence electrons. The molecule has 5 unspecified atom stereocenters. The zero-order valence-electron chi connectivity index (χ0n) is 59.6. The predicted octanol–water partition coefficient (Wildman–Crippen LogP) is 21.1. The first-order chi connectivity index (χ1) is 45.7. The van der Waals surface area contributed by atoms with Gasteiger partial charge in [-0.1, -0.05) is 288 Å². The molecule has 0 aromatic rings. The van der Waals surface area contributed by atoms with E-state index in [0.717, 1.165) is 141 Å². The molecule has 0 bridgehead atoms. The van der Waals surface area contributed by atoms with Crippen LogP contribution < -0.4 is 0 Å². The largest absolute Gasteiger partial charge is 0.472 e. The number of carbonyl (C=O) groups is 4.